The van der Waals surface area contributed by atoms with Crippen LogP contribution in [0.2, 0.25) is 0 Å². The largest absolute Gasteiger partial charge is 0.344 e. The Morgan fingerprint density at radius 1 is 1.21 bits per heavy atom. The van der Waals surface area contributed by atoms with Crippen LogP contribution >= 0.6 is 0 Å². The van der Waals surface area contributed by atoms with E-state index in [-0.39, 0.29) is 18.2 Å². The molecule has 0 spiro atoms. The van der Waals surface area contributed by atoms with Crippen molar-refractivity contribution in [1.29, 1.82) is 0 Å². The van der Waals surface area contributed by atoms with E-state index < -0.39 is 16.8 Å². The van der Waals surface area contributed by atoms with Crippen LogP contribution in [0, 0.1) is 12.8 Å². The summed E-state index contributed by atoms with van der Waals surface area (Å²) in [6.45, 7) is 12.4. The van der Waals surface area contributed by atoms with Gasteiger partial charge in [0.15, 0.2) is 17.0 Å². The van der Waals surface area contributed by atoms with Crippen LogP contribution in [-0.4, -0.2) is 35.1 Å². The minimum atomic E-state index is -0.801. The first-order valence-corrected chi connectivity index (χ1v) is 11.4. The van der Waals surface area contributed by atoms with Gasteiger partial charge in [-0.25, -0.2) is 9.78 Å². The summed E-state index contributed by atoms with van der Waals surface area (Å²) in [5, 5.41) is 6.82. The summed E-state index contributed by atoms with van der Waals surface area (Å²) in [6, 6.07) is 0. The molecular weight excluding hydrogens is 426 g/mol. The summed E-state index contributed by atoms with van der Waals surface area (Å²) >= 11 is 0. The fourth-order valence-corrected chi connectivity index (χ4v) is 3.74. The van der Waals surface area contributed by atoms with Crippen molar-refractivity contribution < 1.29 is 9.32 Å². The van der Waals surface area contributed by atoms with Crippen LogP contribution in [0.5, 0.6) is 0 Å². The van der Waals surface area contributed by atoms with E-state index in [0.717, 1.165) is 12.8 Å². The summed E-state index contributed by atoms with van der Waals surface area (Å²) in [5.41, 5.74) is -0.977. The molecule has 0 bridgehead atoms. The third kappa shape index (κ3) is 5.40. The van der Waals surface area contributed by atoms with Crippen molar-refractivity contribution >= 4 is 17.1 Å². The number of imidazole rings is 1. The summed E-state index contributed by atoms with van der Waals surface area (Å²) < 4.78 is 8.37. The summed E-state index contributed by atoms with van der Waals surface area (Å²) in [5.74, 6) is 1.46. The zero-order valence-corrected chi connectivity index (χ0v) is 20.2. The van der Waals surface area contributed by atoms with E-state index in [4.69, 9.17) is 4.52 Å². The maximum absolute atomic E-state index is 12.7. The van der Waals surface area contributed by atoms with E-state index in [0.29, 0.717) is 48.2 Å². The second kappa shape index (κ2) is 9.72. The number of aromatic amines is 1. The zero-order chi connectivity index (χ0) is 24.3. The van der Waals surface area contributed by atoms with Crippen LogP contribution < -0.4 is 16.6 Å². The first-order valence-electron chi connectivity index (χ1n) is 11.4. The van der Waals surface area contributed by atoms with Crippen molar-refractivity contribution in [1.82, 2.24) is 34.6 Å². The molecule has 180 valence electrons. The predicted octanol–water partition coefficient (Wildman–Crippen LogP) is 2.02. The Balaban J connectivity index is 1.90. The Hall–Kier alpha value is -3.24. The average Bonchev–Trinajstić information content (AvgIpc) is 3.30. The van der Waals surface area contributed by atoms with Gasteiger partial charge in [-0.3, -0.25) is 19.1 Å². The molecule has 3 rings (SSSR count). The van der Waals surface area contributed by atoms with Crippen molar-refractivity contribution in [2.45, 2.75) is 85.9 Å². The van der Waals surface area contributed by atoms with Gasteiger partial charge in [0, 0.05) is 32.9 Å². The van der Waals surface area contributed by atoms with E-state index in [1.54, 1.807) is 20.8 Å². The number of aromatic nitrogens is 6. The lowest BCUT2D eigenvalue weighted by Gasteiger charge is -2.22. The van der Waals surface area contributed by atoms with E-state index in [1.807, 2.05) is 25.3 Å². The first-order chi connectivity index (χ1) is 15.5. The fraction of sp³-hybridized carbons (Fsp3) is 0.636. The number of fused-ring (bicyclic) bond motifs is 1. The van der Waals surface area contributed by atoms with Gasteiger partial charge in [-0.2, -0.15) is 4.98 Å². The highest BCUT2D eigenvalue weighted by molar-refractivity contribution is 5.77. The molecule has 0 saturated carbocycles. The molecule has 3 aromatic heterocycles. The number of H-pyrrole nitrogens is 1. The van der Waals surface area contributed by atoms with Crippen LogP contribution in [0.25, 0.3) is 11.2 Å². The standard InChI is InChI=1S/C22H33N7O4/c1-7-8-11-28-18-17(19(31)25-21(28)32)29(12-13(2)3)15(24-18)9-10-16(30)26-22(5,6)20-23-14(4)33-27-20/h13H,7-12H2,1-6H3,(H,26,30)(H,25,31,32). The van der Waals surface area contributed by atoms with E-state index in [2.05, 4.69) is 25.4 Å². The molecular formula is C22H33N7O4. The Kier molecular flexibility index (Phi) is 7.19. The molecule has 0 aliphatic carbocycles. The summed E-state index contributed by atoms with van der Waals surface area (Å²) in [7, 11) is 0. The SMILES string of the molecule is CCCCn1c(=O)[nH]c(=O)c2c1nc(CCC(=O)NC(C)(C)c1noc(C)n1)n2CC(C)C. The molecule has 11 heteroatoms. The molecule has 3 aromatic rings. The smallest absolute Gasteiger partial charge is 0.330 e. The summed E-state index contributed by atoms with van der Waals surface area (Å²) in [4.78, 5) is 49.1. The number of hydrogen-bond acceptors (Lipinski definition) is 7. The van der Waals surface area contributed by atoms with Gasteiger partial charge in [-0.1, -0.05) is 32.3 Å². The molecule has 0 aliphatic heterocycles. The highest BCUT2D eigenvalue weighted by atomic mass is 16.5. The van der Waals surface area contributed by atoms with Crippen molar-refractivity contribution in [2.75, 3.05) is 0 Å². The lowest BCUT2D eigenvalue weighted by atomic mass is 10.0. The van der Waals surface area contributed by atoms with E-state index in [9.17, 15) is 14.4 Å². The second-order valence-electron chi connectivity index (χ2n) is 9.28. The third-order valence-electron chi connectivity index (χ3n) is 5.36. The van der Waals surface area contributed by atoms with Gasteiger partial charge in [0.1, 0.15) is 5.82 Å². The number of hydrogen-bond donors (Lipinski definition) is 2. The Labute approximate surface area is 191 Å². The monoisotopic (exact) mass is 459 g/mol. The number of carbonyl (C=O) groups excluding carboxylic acids is 1. The quantitative estimate of drug-likeness (QED) is 0.472. The molecule has 33 heavy (non-hydrogen) atoms. The van der Waals surface area contributed by atoms with Crippen LogP contribution in [0.3, 0.4) is 0 Å². The van der Waals surface area contributed by atoms with Crippen molar-refractivity contribution in [3.05, 3.63) is 38.4 Å². The molecule has 0 saturated heterocycles. The molecule has 0 fully saturated rings. The first kappa shape index (κ1) is 24.4. The normalized spacial score (nSPS) is 12.1. The second-order valence-corrected chi connectivity index (χ2v) is 9.28. The molecule has 0 atom stereocenters. The third-order valence-corrected chi connectivity index (χ3v) is 5.36. The summed E-state index contributed by atoms with van der Waals surface area (Å²) in [6.07, 6.45) is 2.16. The molecule has 0 aliphatic rings. The number of rotatable bonds is 10. The van der Waals surface area contributed by atoms with Gasteiger partial charge >= 0.3 is 5.69 Å². The van der Waals surface area contributed by atoms with Crippen LogP contribution in [0.4, 0.5) is 0 Å². The number of nitrogens with one attached hydrogen (secondary N) is 2. The van der Waals surface area contributed by atoms with Gasteiger partial charge in [-0.05, 0) is 26.2 Å². The molecule has 1 amide bonds. The Morgan fingerprint density at radius 3 is 2.55 bits per heavy atom. The number of aryl methyl sites for hydroxylation is 3. The van der Waals surface area contributed by atoms with E-state index in [1.165, 1.54) is 4.57 Å². The maximum Gasteiger partial charge on any atom is 0.330 e. The lowest BCUT2D eigenvalue weighted by molar-refractivity contribution is -0.122. The minimum Gasteiger partial charge on any atom is -0.344 e. The Morgan fingerprint density at radius 2 is 1.94 bits per heavy atom. The average molecular weight is 460 g/mol. The number of nitrogens with zero attached hydrogens (tertiary/aromatic N) is 5. The van der Waals surface area contributed by atoms with Crippen molar-refractivity contribution in [3.8, 4) is 0 Å². The maximum atomic E-state index is 12.7. The Bertz CT molecular complexity index is 1250. The van der Waals surface area contributed by atoms with Crippen molar-refractivity contribution in [2.24, 2.45) is 5.92 Å². The molecule has 11 nitrogen and oxygen atoms in total. The van der Waals surface area contributed by atoms with Crippen molar-refractivity contribution in [3.63, 3.8) is 0 Å². The van der Waals surface area contributed by atoms with Gasteiger partial charge in [0.2, 0.25) is 11.8 Å². The minimum absolute atomic E-state index is 0.152. The number of amides is 1. The molecule has 2 N–H and O–H groups in total. The topological polar surface area (TPSA) is 141 Å². The van der Waals surface area contributed by atoms with Crippen LogP contribution in [0.1, 0.15) is 71.4 Å². The van der Waals surface area contributed by atoms with E-state index >= 15 is 0 Å². The van der Waals surface area contributed by atoms with Crippen LogP contribution in [-0.2, 0) is 29.8 Å². The van der Waals surface area contributed by atoms with Gasteiger partial charge in [0.05, 0.1) is 5.54 Å². The number of carbonyl (C=O) groups is 1. The molecule has 0 aromatic carbocycles. The van der Waals surface area contributed by atoms with Gasteiger partial charge in [-0.15, -0.1) is 0 Å². The number of unbranched alkanes of at least 4 members (excludes halogenated alkanes) is 1. The highest BCUT2D eigenvalue weighted by Crippen LogP contribution is 2.18. The van der Waals surface area contributed by atoms with Crippen LogP contribution in [0.15, 0.2) is 14.1 Å². The lowest BCUT2D eigenvalue weighted by Crippen LogP contribution is -2.42. The molecule has 3 heterocycles. The molecule has 0 radical (unpaired) electrons. The van der Waals surface area contributed by atoms with Gasteiger partial charge < -0.3 is 14.4 Å². The predicted molar refractivity (Wildman–Crippen MR) is 123 cm³/mol. The molecule has 0 unspecified atom stereocenters. The highest BCUT2D eigenvalue weighted by Gasteiger charge is 2.28. The van der Waals surface area contributed by atoms with Gasteiger partial charge in [0.25, 0.3) is 5.56 Å². The zero-order valence-electron chi connectivity index (χ0n) is 20.2. The fourth-order valence-electron chi connectivity index (χ4n) is 3.74.